The number of amides is 1. The van der Waals surface area contributed by atoms with E-state index >= 15 is 0 Å². The summed E-state index contributed by atoms with van der Waals surface area (Å²) in [6.45, 7) is 4.19. The number of benzene rings is 2. The van der Waals surface area contributed by atoms with Gasteiger partial charge in [0.1, 0.15) is 0 Å². The standard InChI is InChI=1S/C17H19NO2/c1-12-8-9-15(10-13(12)2)17(20)18-11-16(19)14-6-4-3-5-7-14/h3-10,16,19H,11H2,1-2H3,(H,18,20). The van der Waals surface area contributed by atoms with Crippen LogP contribution in [0, 0.1) is 13.8 Å². The van der Waals surface area contributed by atoms with Gasteiger partial charge in [-0.05, 0) is 42.7 Å². The minimum atomic E-state index is -0.688. The van der Waals surface area contributed by atoms with E-state index in [1.54, 1.807) is 6.07 Å². The molecule has 3 heteroatoms. The van der Waals surface area contributed by atoms with E-state index in [0.29, 0.717) is 5.56 Å². The zero-order valence-electron chi connectivity index (χ0n) is 11.8. The first-order chi connectivity index (χ1) is 9.58. The Morgan fingerprint density at radius 3 is 2.45 bits per heavy atom. The molecule has 0 saturated carbocycles. The van der Waals surface area contributed by atoms with E-state index in [2.05, 4.69) is 5.32 Å². The molecule has 3 nitrogen and oxygen atoms in total. The van der Waals surface area contributed by atoms with Crippen LogP contribution in [0.5, 0.6) is 0 Å². The topological polar surface area (TPSA) is 49.3 Å². The Labute approximate surface area is 119 Å². The van der Waals surface area contributed by atoms with Crippen molar-refractivity contribution >= 4 is 5.91 Å². The molecule has 0 bridgehead atoms. The van der Waals surface area contributed by atoms with Crippen molar-refractivity contribution in [1.82, 2.24) is 5.32 Å². The van der Waals surface area contributed by atoms with Gasteiger partial charge < -0.3 is 10.4 Å². The van der Waals surface area contributed by atoms with Gasteiger partial charge in [-0.3, -0.25) is 4.79 Å². The summed E-state index contributed by atoms with van der Waals surface area (Å²) in [4.78, 5) is 12.0. The molecule has 2 aromatic rings. The first-order valence-corrected chi connectivity index (χ1v) is 6.66. The number of nitrogens with one attached hydrogen (secondary N) is 1. The van der Waals surface area contributed by atoms with Gasteiger partial charge in [-0.15, -0.1) is 0 Å². The highest BCUT2D eigenvalue weighted by molar-refractivity contribution is 5.94. The lowest BCUT2D eigenvalue weighted by Gasteiger charge is -2.12. The van der Waals surface area contributed by atoms with Gasteiger partial charge in [0.2, 0.25) is 0 Å². The molecule has 1 amide bonds. The van der Waals surface area contributed by atoms with Crippen LogP contribution in [0.1, 0.15) is 33.2 Å². The Balaban J connectivity index is 1.97. The van der Waals surface area contributed by atoms with Crippen molar-refractivity contribution in [2.24, 2.45) is 0 Å². The van der Waals surface area contributed by atoms with Crippen molar-refractivity contribution < 1.29 is 9.90 Å². The van der Waals surface area contributed by atoms with Crippen LogP contribution < -0.4 is 5.32 Å². The fourth-order valence-corrected chi connectivity index (χ4v) is 1.97. The zero-order valence-corrected chi connectivity index (χ0v) is 11.8. The van der Waals surface area contributed by atoms with E-state index < -0.39 is 6.10 Å². The molecule has 2 N–H and O–H groups in total. The lowest BCUT2D eigenvalue weighted by atomic mass is 10.1. The molecular formula is C17H19NO2. The number of carbonyl (C=O) groups excluding carboxylic acids is 1. The Morgan fingerprint density at radius 1 is 1.10 bits per heavy atom. The fraction of sp³-hybridized carbons (Fsp3) is 0.235. The molecule has 0 spiro atoms. The number of hydrogen-bond acceptors (Lipinski definition) is 2. The first-order valence-electron chi connectivity index (χ1n) is 6.66. The van der Waals surface area contributed by atoms with Crippen LogP contribution >= 0.6 is 0 Å². The second kappa shape index (κ2) is 6.35. The van der Waals surface area contributed by atoms with Gasteiger partial charge in [-0.25, -0.2) is 0 Å². The highest BCUT2D eigenvalue weighted by Gasteiger charge is 2.10. The van der Waals surface area contributed by atoms with Crippen molar-refractivity contribution in [3.63, 3.8) is 0 Å². The lowest BCUT2D eigenvalue weighted by molar-refractivity contribution is 0.0916. The summed E-state index contributed by atoms with van der Waals surface area (Å²) < 4.78 is 0. The van der Waals surface area contributed by atoms with Crippen LogP contribution in [0.15, 0.2) is 48.5 Å². The average Bonchev–Trinajstić information content (AvgIpc) is 2.48. The van der Waals surface area contributed by atoms with Gasteiger partial charge in [0, 0.05) is 12.1 Å². The number of aliphatic hydroxyl groups excluding tert-OH is 1. The Hall–Kier alpha value is -2.13. The molecule has 20 heavy (non-hydrogen) atoms. The quantitative estimate of drug-likeness (QED) is 0.896. The normalized spacial score (nSPS) is 11.9. The van der Waals surface area contributed by atoms with Crippen molar-refractivity contribution in [2.45, 2.75) is 20.0 Å². The van der Waals surface area contributed by atoms with Crippen LogP contribution in [0.3, 0.4) is 0 Å². The molecular weight excluding hydrogens is 250 g/mol. The predicted octanol–water partition coefficient (Wildman–Crippen LogP) is 2.77. The van der Waals surface area contributed by atoms with Crippen molar-refractivity contribution in [3.05, 3.63) is 70.8 Å². The molecule has 0 aliphatic heterocycles. The minimum Gasteiger partial charge on any atom is -0.387 e. The van der Waals surface area contributed by atoms with E-state index in [0.717, 1.165) is 16.7 Å². The van der Waals surface area contributed by atoms with E-state index in [1.807, 2.05) is 56.3 Å². The Kier molecular flexibility index (Phi) is 4.53. The molecule has 0 aromatic heterocycles. The molecule has 2 aromatic carbocycles. The third kappa shape index (κ3) is 3.45. The molecule has 1 atom stereocenters. The Morgan fingerprint density at radius 2 is 1.80 bits per heavy atom. The summed E-state index contributed by atoms with van der Waals surface area (Å²) in [6, 6.07) is 14.9. The molecule has 0 fully saturated rings. The third-order valence-corrected chi connectivity index (χ3v) is 3.41. The summed E-state index contributed by atoms with van der Waals surface area (Å²) in [7, 11) is 0. The summed E-state index contributed by atoms with van der Waals surface area (Å²) in [5.41, 5.74) is 3.66. The summed E-state index contributed by atoms with van der Waals surface area (Å²) in [5, 5.41) is 12.8. The number of carbonyl (C=O) groups is 1. The average molecular weight is 269 g/mol. The summed E-state index contributed by atoms with van der Waals surface area (Å²) in [6.07, 6.45) is -0.688. The van der Waals surface area contributed by atoms with Crippen molar-refractivity contribution in [3.8, 4) is 0 Å². The van der Waals surface area contributed by atoms with Gasteiger partial charge in [0.25, 0.3) is 5.91 Å². The van der Waals surface area contributed by atoms with Crippen LogP contribution in [0.4, 0.5) is 0 Å². The largest absolute Gasteiger partial charge is 0.387 e. The van der Waals surface area contributed by atoms with Crippen LogP contribution in [-0.2, 0) is 0 Å². The maximum atomic E-state index is 12.0. The maximum absolute atomic E-state index is 12.0. The number of hydrogen-bond donors (Lipinski definition) is 2. The smallest absolute Gasteiger partial charge is 0.251 e. The van der Waals surface area contributed by atoms with E-state index in [4.69, 9.17) is 0 Å². The molecule has 0 saturated heterocycles. The van der Waals surface area contributed by atoms with Gasteiger partial charge in [0.05, 0.1) is 6.10 Å². The molecule has 0 heterocycles. The lowest BCUT2D eigenvalue weighted by Crippen LogP contribution is -2.28. The summed E-state index contributed by atoms with van der Waals surface area (Å²) in [5.74, 6) is -0.164. The molecule has 1 unspecified atom stereocenters. The molecule has 104 valence electrons. The highest BCUT2D eigenvalue weighted by atomic mass is 16.3. The number of aryl methyl sites for hydroxylation is 2. The van der Waals surface area contributed by atoms with Gasteiger partial charge in [0.15, 0.2) is 0 Å². The van der Waals surface area contributed by atoms with Crippen LogP contribution in [0.25, 0.3) is 0 Å². The zero-order chi connectivity index (χ0) is 14.5. The van der Waals surface area contributed by atoms with Crippen molar-refractivity contribution in [2.75, 3.05) is 6.54 Å². The maximum Gasteiger partial charge on any atom is 0.251 e. The molecule has 0 aliphatic carbocycles. The molecule has 0 radical (unpaired) electrons. The summed E-state index contributed by atoms with van der Waals surface area (Å²) >= 11 is 0. The molecule has 2 rings (SSSR count). The predicted molar refractivity (Wildman–Crippen MR) is 79.7 cm³/mol. The Bertz CT molecular complexity index is 593. The third-order valence-electron chi connectivity index (χ3n) is 3.41. The minimum absolute atomic E-state index is 0.164. The first kappa shape index (κ1) is 14.3. The van der Waals surface area contributed by atoms with E-state index in [1.165, 1.54) is 0 Å². The fourth-order valence-electron chi connectivity index (χ4n) is 1.97. The SMILES string of the molecule is Cc1ccc(C(=O)NCC(O)c2ccccc2)cc1C. The van der Waals surface area contributed by atoms with E-state index in [9.17, 15) is 9.90 Å². The van der Waals surface area contributed by atoms with Gasteiger partial charge in [-0.1, -0.05) is 36.4 Å². The van der Waals surface area contributed by atoms with Crippen LogP contribution in [-0.4, -0.2) is 17.6 Å². The van der Waals surface area contributed by atoms with Gasteiger partial charge >= 0.3 is 0 Å². The second-order valence-electron chi connectivity index (χ2n) is 4.94. The monoisotopic (exact) mass is 269 g/mol. The highest BCUT2D eigenvalue weighted by Crippen LogP contribution is 2.12. The number of rotatable bonds is 4. The van der Waals surface area contributed by atoms with Crippen LogP contribution in [0.2, 0.25) is 0 Å². The number of aliphatic hydroxyl groups is 1. The van der Waals surface area contributed by atoms with Gasteiger partial charge in [-0.2, -0.15) is 0 Å². The second-order valence-corrected chi connectivity index (χ2v) is 4.94. The van der Waals surface area contributed by atoms with Crippen molar-refractivity contribution in [1.29, 1.82) is 0 Å². The van der Waals surface area contributed by atoms with E-state index in [-0.39, 0.29) is 12.5 Å². The molecule has 0 aliphatic rings.